The van der Waals surface area contributed by atoms with Gasteiger partial charge in [0, 0.05) is 37.3 Å². The summed E-state index contributed by atoms with van der Waals surface area (Å²) in [4.78, 5) is 5.21. The number of aliphatic hydroxyl groups excluding tert-OH is 1. The molecule has 1 aliphatic carbocycles. The van der Waals surface area contributed by atoms with Crippen LogP contribution in [0.2, 0.25) is 0 Å². The third-order valence-corrected chi connectivity index (χ3v) is 5.31. The topological polar surface area (TPSA) is 26.7 Å². The zero-order chi connectivity index (χ0) is 13.9. The Hall–Kier alpha value is -0.120. The maximum Gasteiger partial charge on any atom is 0.0446 e. The number of rotatable bonds is 3. The molecule has 1 saturated heterocycles. The summed E-state index contributed by atoms with van der Waals surface area (Å²) < 4.78 is 0. The molecule has 0 aromatic heterocycles. The molecule has 2 aliphatic rings. The lowest BCUT2D eigenvalue weighted by atomic mass is 9.91. The van der Waals surface area contributed by atoms with Crippen molar-refractivity contribution in [3.8, 4) is 0 Å². The Balaban J connectivity index is 2.08. The third kappa shape index (κ3) is 3.71. The summed E-state index contributed by atoms with van der Waals surface area (Å²) in [6.45, 7) is 7.28. The van der Waals surface area contributed by atoms with E-state index in [1.807, 2.05) is 0 Å². The molecule has 1 unspecified atom stereocenters. The largest absolute Gasteiger partial charge is 0.396 e. The van der Waals surface area contributed by atoms with Crippen molar-refractivity contribution in [2.24, 2.45) is 0 Å². The van der Waals surface area contributed by atoms with Gasteiger partial charge in [0.05, 0.1) is 0 Å². The number of likely N-dealkylation sites (N-methyl/N-ethyl adjacent to an activating group) is 1. The van der Waals surface area contributed by atoms with E-state index in [1.54, 1.807) is 0 Å². The van der Waals surface area contributed by atoms with E-state index >= 15 is 0 Å². The summed E-state index contributed by atoms with van der Waals surface area (Å²) in [5.74, 6) is 0. The van der Waals surface area contributed by atoms with E-state index in [9.17, 15) is 5.11 Å². The quantitative estimate of drug-likeness (QED) is 0.797. The maximum atomic E-state index is 9.36. The van der Waals surface area contributed by atoms with E-state index in [1.165, 1.54) is 38.5 Å². The van der Waals surface area contributed by atoms with Gasteiger partial charge in [0.15, 0.2) is 0 Å². The molecule has 112 valence electrons. The van der Waals surface area contributed by atoms with Crippen molar-refractivity contribution >= 4 is 0 Å². The van der Waals surface area contributed by atoms with Crippen molar-refractivity contribution in [2.45, 2.75) is 76.4 Å². The van der Waals surface area contributed by atoms with E-state index in [0.29, 0.717) is 12.6 Å². The van der Waals surface area contributed by atoms with Crippen LogP contribution in [0.25, 0.3) is 0 Å². The highest BCUT2D eigenvalue weighted by Crippen LogP contribution is 2.31. The molecular formula is C16H32N2O. The predicted octanol–water partition coefficient (Wildman–Crippen LogP) is 2.49. The van der Waals surface area contributed by atoms with Gasteiger partial charge < -0.3 is 5.11 Å². The minimum Gasteiger partial charge on any atom is -0.396 e. The number of nitrogens with zero attached hydrogens (tertiary/aromatic N) is 2. The van der Waals surface area contributed by atoms with E-state index in [2.05, 4.69) is 30.7 Å². The molecule has 0 spiro atoms. The summed E-state index contributed by atoms with van der Waals surface area (Å²) in [6.07, 6.45) is 9.27. The third-order valence-electron chi connectivity index (χ3n) is 5.31. The fraction of sp³-hybridized carbons (Fsp3) is 1.00. The second-order valence-corrected chi connectivity index (χ2v) is 7.18. The predicted molar refractivity (Wildman–Crippen MR) is 80.4 cm³/mol. The Morgan fingerprint density at radius 1 is 1.11 bits per heavy atom. The molecule has 1 aliphatic heterocycles. The number of aliphatic hydroxyl groups is 1. The molecule has 1 saturated carbocycles. The molecule has 3 heteroatoms. The summed E-state index contributed by atoms with van der Waals surface area (Å²) in [7, 11) is 2.23. The van der Waals surface area contributed by atoms with Crippen molar-refractivity contribution in [3.05, 3.63) is 0 Å². The van der Waals surface area contributed by atoms with Gasteiger partial charge in [-0.3, -0.25) is 9.80 Å². The minimum atomic E-state index is 0.262. The number of hydrogen-bond donors (Lipinski definition) is 1. The van der Waals surface area contributed by atoms with Gasteiger partial charge in [0.25, 0.3) is 0 Å². The van der Waals surface area contributed by atoms with Crippen LogP contribution >= 0.6 is 0 Å². The fourth-order valence-electron chi connectivity index (χ4n) is 3.79. The first kappa shape index (κ1) is 15.3. The SMILES string of the molecule is CN1CC(CCO)N(C2CCCCCC2)CC1(C)C. The van der Waals surface area contributed by atoms with Crippen molar-refractivity contribution in [1.82, 2.24) is 9.80 Å². The molecule has 2 fully saturated rings. The molecule has 0 bridgehead atoms. The maximum absolute atomic E-state index is 9.36. The first-order chi connectivity index (χ1) is 9.04. The summed E-state index contributed by atoms with van der Waals surface area (Å²) in [5.41, 5.74) is 0.262. The first-order valence-electron chi connectivity index (χ1n) is 8.12. The van der Waals surface area contributed by atoms with Gasteiger partial charge >= 0.3 is 0 Å². The average molecular weight is 268 g/mol. The standard InChI is InChI=1S/C16H32N2O/c1-16(2)13-18(14-8-6-4-5-7-9-14)15(10-11-19)12-17(16)3/h14-15,19H,4-13H2,1-3H3. The van der Waals surface area contributed by atoms with Gasteiger partial charge in [-0.2, -0.15) is 0 Å². The zero-order valence-electron chi connectivity index (χ0n) is 13.1. The lowest BCUT2D eigenvalue weighted by Gasteiger charge is -2.52. The van der Waals surface area contributed by atoms with Crippen LogP contribution in [0.5, 0.6) is 0 Å². The number of hydrogen-bond acceptors (Lipinski definition) is 3. The number of piperazine rings is 1. The highest BCUT2D eigenvalue weighted by Gasteiger charge is 2.39. The summed E-state index contributed by atoms with van der Waals surface area (Å²) in [5, 5.41) is 9.36. The molecule has 2 rings (SSSR count). The highest BCUT2D eigenvalue weighted by molar-refractivity contribution is 4.96. The van der Waals surface area contributed by atoms with Crippen molar-refractivity contribution in [1.29, 1.82) is 0 Å². The van der Waals surface area contributed by atoms with Crippen LogP contribution in [0, 0.1) is 0 Å². The average Bonchev–Trinajstić information content (AvgIpc) is 2.63. The van der Waals surface area contributed by atoms with Gasteiger partial charge in [0.2, 0.25) is 0 Å². The van der Waals surface area contributed by atoms with Crippen LogP contribution in [-0.2, 0) is 0 Å². The van der Waals surface area contributed by atoms with Crippen molar-refractivity contribution in [2.75, 3.05) is 26.7 Å². The smallest absolute Gasteiger partial charge is 0.0446 e. The van der Waals surface area contributed by atoms with E-state index in [0.717, 1.165) is 25.6 Å². The van der Waals surface area contributed by atoms with Gasteiger partial charge in [-0.25, -0.2) is 0 Å². The lowest BCUT2D eigenvalue weighted by molar-refractivity contribution is -0.0349. The molecular weight excluding hydrogens is 236 g/mol. The zero-order valence-corrected chi connectivity index (χ0v) is 13.1. The molecule has 0 radical (unpaired) electrons. The van der Waals surface area contributed by atoms with Crippen LogP contribution in [0.1, 0.15) is 58.8 Å². The Morgan fingerprint density at radius 3 is 2.32 bits per heavy atom. The second kappa shape index (κ2) is 6.55. The van der Waals surface area contributed by atoms with Crippen LogP contribution in [0.4, 0.5) is 0 Å². The molecule has 1 atom stereocenters. The summed E-state index contributed by atoms with van der Waals surface area (Å²) >= 11 is 0. The summed E-state index contributed by atoms with van der Waals surface area (Å²) in [6, 6.07) is 1.30. The molecule has 19 heavy (non-hydrogen) atoms. The molecule has 0 aromatic carbocycles. The highest BCUT2D eigenvalue weighted by atomic mass is 16.3. The minimum absolute atomic E-state index is 0.262. The molecule has 0 amide bonds. The molecule has 0 aromatic rings. The second-order valence-electron chi connectivity index (χ2n) is 7.18. The normalized spacial score (nSPS) is 31.3. The van der Waals surface area contributed by atoms with Gasteiger partial charge in [-0.15, -0.1) is 0 Å². The molecule has 1 heterocycles. The fourth-order valence-corrected chi connectivity index (χ4v) is 3.79. The Labute approximate surface area is 119 Å². The Morgan fingerprint density at radius 2 is 1.74 bits per heavy atom. The van der Waals surface area contributed by atoms with Crippen LogP contribution in [0.3, 0.4) is 0 Å². The van der Waals surface area contributed by atoms with Crippen LogP contribution in [0.15, 0.2) is 0 Å². The van der Waals surface area contributed by atoms with E-state index < -0.39 is 0 Å². The van der Waals surface area contributed by atoms with Crippen LogP contribution in [-0.4, -0.2) is 59.3 Å². The van der Waals surface area contributed by atoms with Crippen molar-refractivity contribution < 1.29 is 5.11 Å². The van der Waals surface area contributed by atoms with Crippen molar-refractivity contribution in [3.63, 3.8) is 0 Å². The lowest BCUT2D eigenvalue weighted by Crippen LogP contribution is -2.64. The molecule has 1 N–H and O–H groups in total. The molecule has 3 nitrogen and oxygen atoms in total. The van der Waals surface area contributed by atoms with E-state index in [4.69, 9.17) is 0 Å². The van der Waals surface area contributed by atoms with Gasteiger partial charge in [0.1, 0.15) is 0 Å². The Kier molecular flexibility index (Phi) is 5.27. The van der Waals surface area contributed by atoms with Crippen LogP contribution < -0.4 is 0 Å². The monoisotopic (exact) mass is 268 g/mol. The van der Waals surface area contributed by atoms with Gasteiger partial charge in [-0.1, -0.05) is 25.7 Å². The first-order valence-corrected chi connectivity index (χ1v) is 8.12. The Bertz CT molecular complexity index is 270. The van der Waals surface area contributed by atoms with E-state index in [-0.39, 0.29) is 5.54 Å². The van der Waals surface area contributed by atoms with Gasteiger partial charge in [-0.05, 0) is 40.2 Å².